The minimum Gasteiger partial charge on any atom is -0.372 e. The van der Waals surface area contributed by atoms with Crippen molar-refractivity contribution in [1.29, 1.82) is 0 Å². The second-order valence-electron chi connectivity index (χ2n) is 4.98. The van der Waals surface area contributed by atoms with Crippen LogP contribution in [-0.4, -0.2) is 39.0 Å². The first-order valence-electron chi connectivity index (χ1n) is 6.57. The molecule has 0 radical (unpaired) electrons. The maximum Gasteiger partial charge on any atom is 0.180 e. The Morgan fingerprint density at radius 1 is 1.47 bits per heavy atom. The number of imidazole rings is 1. The topological polar surface area (TPSA) is 54.2 Å². The number of rotatable bonds is 5. The minimum atomic E-state index is 0.390. The summed E-state index contributed by atoms with van der Waals surface area (Å²) in [7, 11) is 1.88. The molecule has 0 aromatic carbocycles. The summed E-state index contributed by atoms with van der Waals surface area (Å²) in [4.78, 5) is 8.94. The van der Waals surface area contributed by atoms with Gasteiger partial charge in [0.2, 0.25) is 0 Å². The van der Waals surface area contributed by atoms with Crippen LogP contribution < -0.4 is 10.6 Å². The molecule has 0 atom stereocenters. The fraction of sp³-hybridized carbons (Fsp3) is 0.538. The summed E-state index contributed by atoms with van der Waals surface area (Å²) < 4.78 is 2.38. The van der Waals surface area contributed by atoms with Crippen molar-refractivity contribution in [2.45, 2.75) is 24.0 Å². The van der Waals surface area contributed by atoms with Gasteiger partial charge in [-0.3, -0.25) is 0 Å². The van der Waals surface area contributed by atoms with Crippen molar-refractivity contribution in [2.75, 3.05) is 30.5 Å². The highest BCUT2D eigenvalue weighted by Crippen LogP contribution is 2.42. The predicted octanol–water partition coefficient (Wildman–Crippen LogP) is 2.47. The Morgan fingerprint density at radius 3 is 2.95 bits per heavy atom. The van der Waals surface area contributed by atoms with Crippen LogP contribution in [0.3, 0.4) is 0 Å². The average Bonchev–Trinajstić information content (AvgIpc) is 2.85. The molecule has 2 aromatic heterocycles. The number of anilines is 2. The largest absolute Gasteiger partial charge is 0.372 e. The molecule has 1 aliphatic rings. The third-order valence-electron chi connectivity index (χ3n) is 3.91. The molecule has 0 aliphatic heterocycles. The van der Waals surface area contributed by atoms with E-state index in [-0.39, 0.29) is 0 Å². The molecule has 5 nitrogen and oxygen atoms in total. The number of nitrogens with zero attached hydrogens (tertiary/aromatic N) is 3. The molecule has 3 rings (SSSR count). The highest BCUT2D eigenvalue weighted by atomic mass is 32.2. The number of aromatic nitrogens is 3. The van der Waals surface area contributed by atoms with Crippen LogP contribution in [0, 0.1) is 0 Å². The van der Waals surface area contributed by atoms with Crippen molar-refractivity contribution in [3.63, 3.8) is 0 Å². The maximum absolute atomic E-state index is 4.57. The highest BCUT2D eigenvalue weighted by Gasteiger charge is 2.36. The van der Waals surface area contributed by atoms with Crippen LogP contribution in [-0.2, 0) is 0 Å². The van der Waals surface area contributed by atoms with Crippen LogP contribution in [0.2, 0.25) is 0 Å². The lowest BCUT2D eigenvalue weighted by molar-refractivity contribution is 0.379. The number of nitrogens with one attached hydrogen (secondary N) is 2. The molecule has 1 fully saturated rings. The lowest BCUT2D eigenvalue weighted by Crippen LogP contribution is -2.40. The first kappa shape index (κ1) is 12.6. The third kappa shape index (κ3) is 2.25. The van der Waals surface area contributed by atoms with Crippen molar-refractivity contribution < 1.29 is 0 Å². The van der Waals surface area contributed by atoms with Gasteiger partial charge in [-0.25, -0.2) is 9.97 Å². The van der Waals surface area contributed by atoms with Crippen LogP contribution in [0.25, 0.3) is 5.65 Å². The average molecular weight is 277 g/mol. The van der Waals surface area contributed by atoms with E-state index in [1.165, 1.54) is 19.3 Å². The van der Waals surface area contributed by atoms with Gasteiger partial charge in [0.1, 0.15) is 5.82 Å². The van der Waals surface area contributed by atoms with Gasteiger partial charge in [-0.15, -0.1) is 0 Å². The van der Waals surface area contributed by atoms with E-state index in [1.54, 1.807) is 6.20 Å². The smallest absolute Gasteiger partial charge is 0.180 e. The quantitative estimate of drug-likeness (QED) is 0.879. The van der Waals surface area contributed by atoms with Crippen molar-refractivity contribution in [3.05, 3.63) is 18.6 Å². The van der Waals surface area contributed by atoms with Gasteiger partial charge in [0.05, 0.1) is 6.20 Å². The van der Waals surface area contributed by atoms with Crippen molar-refractivity contribution in [3.8, 4) is 0 Å². The molecule has 2 aromatic rings. The maximum atomic E-state index is 4.57. The Kier molecular flexibility index (Phi) is 3.26. The molecule has 19 heavy (non-hydrogen) atoms. The molecule has 0 amide bonds. The molecule has 2 heterocycles. The van der Waals surface area contributed by atoms with Gasteiger partial charge in [0.25, 0.3) is 0 Å². The van der Waals surface area contributed by atoms with E-state index in [2.05, 4.69) is 26.9 Å². The van der Waals surface area contributed by atoms with Gasteiger partial charge < -0.3 is 15.0 Å². The number of hydrogen-bond donors (Lipinski definition) is 2. The summed E-state index contributed by atoms with van der Waals surface area (Å²) in [6.07, 6.45) is 11.8. The zero-order valence-corrected chi connectivity index (χ0v) is 12.1. The number of thioether (sulfide) groups is 1. The van der Waals surface area contributed by atoms with Gasteiger partial charge in [-0.2, -0.15) is 11.8 Å². The van der Waals surface area contributed by atoms with Crippen LogP contribution >= 0.6 is 11.8 Å². The Labute approximate surface area is 117 Å². The lowest BCUT2D eigenvalue weighted by Gasteiger charge is -2.40. The van der Waals surface area contributed by atoms with Gasteiger partial charge in [0.15, 0.2) is 11.5 Å². The molecule has 1 aliphatic carbocycles. The Morgan fingerprint density at radius 2 is 2.32 bits per heavy atom. The van der Waals surface area contributed by atoms with Crippen molar-refractivity contribution in [1.82, 2.24) is 14.4 Å². The Hall–Kier alpha value is -1.43. The molecule has 0 spiro atoms. The van der Waals surface area contributed by atoms with Crippen molar-refractivity contribution >= 4 is 29.0 Å². The van der Waals surface area contributed by atoms with Crippen molar-refractivity contribution in [2.24, 2.45) is 0 Å². The SMILES string of the molecule is CNc1cn2ccnc2c(NCC2(SC)CCC2)n1. The van der Waals surface area contributed by atoms with Gasteiger partial charge in [0, 0.05) is 30.7 Å². The van der Waals surface area contributed by atoms with E-state index in [0.29, 0.717) is 4.75 Å². The molecular weight excluding hydrogens is 258 g/mol. The minimum absolute atomic E-state index is 0.390. The summed E-state index contributed by atoms with van der Waals surface area (Å²) in [6, 6.07) is 0. The zero-order chi connectivity index (χ0) is 13.3. The zero-order valence-electron chi connectivity index (χ0n) is 11.3. The third-order valence-corrected chi connectivity index (χ3v) is 5.32. The van der Waals surface area contributed by atoms with E-state index >= 15 is 0 Å². The second kappa shape index (κ2) is 4.92. The Balaban J connectivity index is 1.85. The van der Waals surface area contributed by atoms with E-state index in [1.807, 2.05) is 35.6 Å². The standard InChI is InChI=1S/C13H19N5S/c1-14-10-8-18-7-6-15-12(18)11(17-10)16-9-13(19-2)4-3-5-13/h6-8,14H,3-5,9H2,1-2H3,(H,16,17). The first-order chi connectivity index (χ1) is 9.26. The second-order valence-corrected chi connectivity index (χ2v) is 6.25. The predicted molar refractivity (Wildman–Crippen MR) is 81.1 cm³/mol. The molecule has 0 unspecified atom stereocenters. The molecule has 1 saturated carbocycles. The fourth-order valence-corrected chi connectivity index (χ4v) is 3.35. The van der Waals surface area contributed by atoms with Gasteiger partial charge in [-0.1, -0.05) is 6.42 Å². The summed E-state index contributed by atoms with van der Waals surface area (Å²) in [5.74, 6) is 1.71. The number of hydrogen-bond acceptors (Lipinski definition) is 5. The van der Waals surface area contributed by atoms with Crippen LogP contribution in [0.1, 0.15) is 19.3 Å². The monoisotopic (exact) mass is 277 g/mol. The molecule has 6 heteroatoms. The molecule has 102 valence electrons. The highest BCUT2D eigenvalue weighted by molar-refractivity contribution is 8.00. The first-order valence-corrected chi connectivity index (χ1v) is 7.79. The van der Waals surface area contributed by atoms with E-state index in [4.69, 9.17) is 0 Å². The molecule has 2 N–H and O–H groups in total. The number of fused-ring (bicyclic) bond motifs is 1. The van der Waals surface area contributed by atoms with Gasteiger partial charge >= 0.3 is 0 Å². The van der Waals surface area contributed by atoms with E-state index in [9.17, 15) is 0 Å². The van der Waals surface area contributed by atoms with E-state index in [0.717, 1.165) is 23.8 Å². The van der Waals surface area contributed by atoms with Gasteiger partial charge in [-0.05, 0) is 19.1 Å². The lowest BCUT2D eigenvalue weighted by atomic mass is 9.84. The summed E-state index contributed by atoms with van der Waals surface area (Å²) in [5.41, 5.74) is 0.884. The fourth-order valence-electron chi connectivity index (χ4n) is 2.44. The summed E-state index contributed by atoms with van der Waals surface area (Å²) >= 11 is 1.96. The molecule has 0 bridgehead atoms. The molecular formula is C13H19N5S. The van der Waals surface area contributed by atoms with E-state index < -0.39 is 0 Å². The molecule has 0 saturated heterocycles. The van der Waals surface area contributed by atoms with Crippen LogP contribution in [0.15, 0.2) is 18.6 Å². The van der Waals surface area contributed by atoms with Crippen LogP contribution in [0.4, 0.5) is 11.6 Å². The summed E-state index contributed by atoms with van der Waals surface area (Å²) in [5, 5.41) is 6.57. The van der Waals surface area contributed by atoms with Crippen LogP contribution in [0.5, 0.6) is 0 Å². The summed E-state index contributed by atoms with van der Waals surface area (Å²) in [6.45, 7) is 0.955. The normalized spacial score (nSPS) is 17.2. The Bertz CT molecular complexity index is 570.